The Morgan fingerprint density at radius 1 is 0.909 bits per heavy atom. The van der Waals surface area contributed by atoms with Crippen molar-refractivity contribution < 1.29 is 9.53 Å². The first-order valence-corrected chi connectivity index (χ1v) is 10.8. The predicted molar refractivity (Wildman–Crippen MR) is 131 cm³/mol. The van der Waals surface area contributed by atoms with Gasteiger partial charge in [0.2, 0.25) is 0 Å². The maximum atomic E-state index is 12.5. The number of aromatic amines is 1. The number of rotatable bonds is 6. The summed E-state index contributed by atoms with van der Waals surface area (Å²) in [5.41, 5.74) is 5.48. The van der Waals surface area contributed by atoms with Crippen LogP contribution in [0, 0.1) is 0 Å². The number of benzene rings is 4. The topological polar surface area (TPSA) is 67.0 Å². The Morgan fingerprint density at radius 3 is 2.45 bits per heavy atom. The molecule has 0 radical (unpaired) electrons. The maximum Gasteiger partial charge on any atom is 0.251 e. The van der Waals surface area contributed by atoms with E-state index in [0.29, 0.717) is 12.1 Å². The van der Waals surface area contributed by atoms with Crippen molar-refractivity contribution in [2.24, 2.45) is 0 Å². The number of ether oxygens (including phenoxy) is 1. The molecule has 33 heavy (non-hydrogen) atoms. The minimum atomic E-state index is -0.115. The van der Waals surface area contributed by atoms with Crippen LogP contribution in [-0.2, 0) is 6.54 Å². The number of nitrogens with zero attached hydrogens (tertiary/aromatic N) is 1. The van der Waals surface area contributed by atoms with Gasteiger partial charge in [0.1, 0.15) is 5.75 Å². The Labute approximate surface area is 192 Å². The van der Waals surface area contributed by atoms with E-state index in [0.717, 1.165) is 33.8 Å². The predicted octanol–water partition coefficient (Wildman–Crippen LogP) is 5.84. The molecule has 0 saturated heterocycles. The summed E-state index contributed by atoms with van der Waals surface area (Å²) in [6.07, 6.45) is 0. The molecule has 162 valence electrons. The molecule has 4 aromatic carbocycles. The second kappa shape index (κ2) is 9.01. The first kappa shape index (κ1) is 20.5. The molecule has 0 atom stereocenters. The zero-order valence-electron chi connectivity index (χ0n) is 18.2. The molecule has 0 fully saturated rings. The van der Waals surface area contributed by atoms with Gasteiger partial charge in [0.25, 0.3) is 5.91 Å². The standard InChI is InChI=1S/C28H23N3O2/c1-33-23-15-9-19(10-16-23)18-29-28(32)22-13-11-21(12-14-22)26-17-27(31-30-26)25-8-4-6-20-5-2-3-7-24(20)25/h2-17H,18H2,1H3,(H,29,32)(H,30,31). The lowest BCUT2D eigenvalue weighted by atomic mass is 10.0. The lowest BCUT2D eigenvalue weighted by Gasteiger charge is -2.07. The quantitative estimate of drug-likeness (QED) is 0.354. The van der Waals surface area contributed by atoms with Crippen molar-refractivity contribution in [1.29, 1.82) is 0 Å². The van der Waals surface area contributed by atoms with E-state index in [9.17, 15) is 4.79 Å². The molecular formula is C28H23N3O2. The Kier molecular flexibility index (Phi) is 5.60. The first-order valence-electron chi connectivity index (χ1n) is 10.8. The normalized spacial score (nSPS) is 10.8. The molecule has 0 aliphatic heterocycles. The van der Waals surface area contributed by atoms with Crippen molar-refractivity contribution in [3.05, 3.63) is 108 Å². The number of fused-ring (bicyclic) bond motifs is 1. The third-order valence-corrected chi connectivity index (χ3v) is 5.71. The number of carbonyl (C=O) groups excluding carboxylic acids is 1. The zero-order valence-corrected chi connectivity index (χ0v) is 18.2. The van der Waals surface area contributed by atoms with Crippen LogP contribution < -0.4 is 10.1 Å². The number of hydrogen-bond acceptors (Lipinski definition) is 3. The highest BCUT2D eigenvalue weighted by Gasteiger charge is 2.10. The van der Waals surface area contributed by atoms with Gasteiger partial charge in [-0.2, -0.15) is 5.10 Å². The summed E-state index contributed by atoms with van der Waals surface area (Å²) in [6, 6.07) is 31.7. The summed E-state index contributed by atoms with van der Waals surface area (Å²) in [5, 5.41) is 13.0. The van der Waals surface area contributed by atoms with Gasteiger partial charge in [-0.3, -0.25) is 9.89 Å². The van der Waals surface area contributed by atoms with Crippen molar-refractivity contribution in [3.63, 3.8) is 0 Å². The van der Waals surface area contributed by atoms with Crippen LogP contribution in [0.4, 0.5) is 0 Å². The number of methoxy groups -OCH3 is 1. The molecule has 1 aromatic heterocycles. The molecule has 5 rings (SSSR count). The van der Waals surface area contributed by atoms with Crippen molar-refractivity contribution >= 4 is 16.7 Å². The minimum Gasteiger partial charge on any atom is -0.497 e. The van der Waals surface area contributed by atoms with Crippen LogP contribution in [0.1, 0.15) is 15.9 Å². The molecule has 5 heteroatoms. The summed E-state index contributed by atoms with van der Waals surface area (Å²) < 4.78 is 5.16. The van der Waals surface area contributed by atoms with Crippen LogP contribution in [0.5, 0.6) is 5.75 Å². The third kappa shape index (κ3) is 4.34. The smallest absolute Gasteiger partial charge is 0.251 e. The number of carbonyl (C=O) groups is 1. The average molecular weight is 434 g/mol. The van der Waals surface area contributed by atoms with E-state index in [1.165, 1.54) is 10.8 Å². The number of H-pyrrole nitrogens is 1. The first-order chi connectivity index (χ1) is 16.2. The maximum absolute atomic E-state index is 12.5. The largest absolute Gasteiger partial charge is 0.497 e. The lowest BCUT2D eigenvalue weighted by molar-refractivity contribution is 0.0951. The lowest BCUT2D eigenvalue weighted by Crippen LogP contribution is -2.22. The van der Waals surface area contributed by atoms with Crippen molar-refractivity contribution in [1.82, 2.24) is 15.5 Å². The molecule has 0 aliphatic carbocycles. The fourth-order valence-corrected chi connectivity index (χ4v) is 3.89. The van der Waals surface area contributed by atoms with E-state index in [1.54, 1.807) is 7.11 Å². The number of aromatic nitrogens is 2. The zero-order chi connectivity index (χ0) is 22.6. The monoisotopic (exact) mass is 433 g/mol. The van der Waals surface area contributed by atoms with Crippen molar-refractivity contribution in [2.45, 2.75) is 6.54 Å². The van der Waals surface area contributed by atoms with Gasteiger partial charge in [-0.15, -0.1) is 0 Å². The molecule has 0 bridgehead atoms. The van der Waals surface area contributed by atoms with Crippen LogP contribution in [0.3, 0.4) is 0 Å². The average Bonchev–Trinajstić information content (AvgIpc) is 3.37. The van der Waals surface area contributed by atoms with E-state index in [1.807, 2.05) is 66.7 Å². The molecule has 5 aromatic rings. The van der Waals surface area contributed by atoms with Gasteiger partial charge in [-0.25, -0.2) is 0 Å². The van der Waals surface area contributed by atoms with Gasteiger partial charge >= 0.3 is 0 Å². The summed E-state index contributed by atoms with van der Waals surface area (Å²) in [4.78, 5) is 12.5. The molecule has 1 heterocycles. The van der Waals surface area contributed by atoms with Gasteiger partial charge in [-0.05, 0) is 46.7 Å². The molecular weight excluding hydrogens is 410 g/mol. The van der Waals surface area contributed by atoms with Gasteiger partial charge < -0.3 is 10.1 Å². The molecule has 1 amide bonds. The molecule has 2 N–H and O–H groups in total. The molecule has 0 saturated carbocycles. The highest BCUT2D eigenvalue weighted by molar-refractivity contribution is 5.96. The van der Waals surface area contributed by atoms with E-state index in [-0.39, 0.29) is 5.91 Å². The Bertz CT molecular complexity index is 1400. The van der Waals surface area contributed by atoms with Gasteiger partial charge in [0.05, 0.1) is 18.5 Å². The highest BCUT2D eigenvalue weighted by atomic mass is 16.5. The van der Waals surface area contributed by atoms with Gasteiger partial charge in [0, 0.05) is 23.2 Å². The summed E-state index contributed by atoms with van der Waals surface area (Å²) in [6.45, 7) is 0.457. The van der Waals surface area contributed by atoms with E-state index < -0.39 is 0 Å². The molecule has 0 aliphatic rings. The fourth-order valence-electron chi connectivity index (χ4n) is 3.89. The van der Waals surface area contributed by atoms with Crippen LogP contribution in [0.2, 0.25) is 0 Å². The van der Waals surface area contributed by atoms with Crippen LogP contribution in [-0.4, -0.2) is 23.2 Å². The molecule has 0 spiro atoms. The Morgan fingerprint density at radius 2 is 1.67 bits per heavy atom. The molecule has 0 unspecified atom stereocenters. The summed E-state index contributed by atoms with van der Waals surface area (Å²) >= 11 is 0. The van der Waals surface area contributed by atoms with Crippen LogP contribution >= 0.6 is 0 Å². The second-order valence-corrected chi connectivity index (χ2v) is 7.80. The van der Waals surface area contributed by atoms with E-state index in [2.05, 4.69) is 45.8 Å². The second-order valence-electron chi connectivity index (χ2n) is 7.80. The molecule has 5 nitrogen and oxygen atoms in total. The summed E-state index contributed by atoms with van der Waals surface area (Å²) in [7, 11) is 1.63. The van der Waals surface area contributed by atoms with Gasteiger partial charge in [-0.1, -0.05) is 66.7 Å². The van der Waals surface area contributed by atoms with E-state index >= 15 is 0 Å². The highest BCUT2D eigenvalue weighted by Crippen LogP contribution is 2.29. The fraction of sp³-hybridized carbons (Fsp3) is 0.0714. The number of hydrogen-bond donors (Lipinski definition) is 2. The van der Waals surface area contributed by atoms with Crippen molar-refractivity contribution in [2.75, 3.05) is 7.11 Å². The SMILES string of the molecule is COc1ccc(CNC(=O)c2ccc(-c3cc(-c4cccc5ccccc45)[nH]n3)cc2)cc1. The van der Waals surface area contributed by atoms with E-state index in [4.69, 9.17) is 4.74 Å². The number of amides is 1. The van der Waals surface area contributed by atoms with Crippen LogP contribution in [0.25, 0.3) is 33.3 Å². The third-order valence-electron chi connectivity index (χ3n) is 5.71. The Balaban J connectivity index is 1.29. The number of nitrogens with one attached hydrogen (secondary N) is 2. The minimum absolute atomic E-state index is 0.115. The van der Waals surface area contributed by atoms with Crippen LogP contribution in [0.15, 0.2) is 97.1 Å². The summed E-state index contributed by atoms with van der Waals surface area (Å²) in [5.74, 6) is 0.679. The Hall–Kier alpha value is -4.38. The van der Waals surface area contributed by atoms with Gasteiger partial charge in [0.15, 0.2) is 0 Å². The van der Waals surface area contributed by atoms with Crippen molar-refractivity contribution in [3.8, 4) is 28.3 Å².